The maximum Gasteiger partial charge on any atom is 0.323 e. The van der Waals surface area contributed by atoms with Gasteiger partial charge in [-0.2, -0.15) is 0 Å². The zero-order chi connectivity index (χ0) is 12.1. The number of carboxylic acid groups (broad SMARTS) is 1. The predicted octanol–water partition coefficient (Wildman–Crippen LogP) is 0.112. The number of nitrogens with zero attached hydrogens (tertiary/aromatic N) is 2. The van der Waals surface area contributed by atoms with Gasteiger partial charge in [-0.25, -0.2) is 0 Å². The average Bonchev–Trinajstić information content (AvgIpc) is 2.36. The molecule has 0 bridgehead atoms. The van der Waals surface area contributed by atoms with Crippen LogP contribution in [0.2, 0.25) is 0 Å². The second-order valence-electron chi connectivity index (χ2n) is 4.51. The van der Waals surface area contributed by atoms with E-state index in [-0.39, 0.29) is 12.6 Å². The largest absolute Gasteiger partial charge is 0.480 e. The van der Waals surface area contributed by atoms with E-state index in [9.17, 15) is 9.90 Å². The van der Waals surface area contributed by atoms with Gasteiger partial charge in [0.2, 0.25) is 0 Å². The molecule has 5 nitrogen and oxygen atoms in total. The number of hydrogen-bond donors (Lipinski definition) is 1. The number of aliphatic carboxylic acids is 1. The van der Waals surface area contributed by atoms with Crippen molar-refractivity contribution in [3.63, 3.8) is 0 Å². The average molecular weight is 230 g/mol. The van der Waals surface area contributed by atoms with Crippen molar-refractivity contribution in [1.29, 1.82) is 0 Å². The van der Waals surface area contributed by atoms with Crippen LogP contribution in [0.4, 0.5) is 0 Å². The Bertz CT molecular complexity index is 235. The third-order valence-electron chi connectivity index (χ3n) is 3.11. The summed E-state index contributed by atoms with van der Waals surface area (Å²) in [6.07, 6.45) is 1.01. The van der Waals surface area contributed by atoms with Crippen LogP contribution in [0.5, 0.6) is 0 Å². The molecule has 0 saturated carbocycles. The lowest BCUT2D eigenvalue weighted by atomic mass is 10.2. The molecular weight excluding hydrogens is 208 g/mol. The van der Waals surface area contributed by atoms with Gasteiger partial charge in [0.05, 0.1) is 6.61 Å². The molecule has 0 radical (unpaired) electrons. The van der Waals surface area contributed by atoms with E-state index in [1.165, 1.54) is 0 Å². The predicted molar refractivity (Wildman–Crippen MR) is 61.6 cm³/mol. The van der Waals surface area contributed by atoms with Crippen molar-refractivity contribution in [2.24, 2.45) is 0 Å². The van der Waals surface area contributed by atoms with Crippen molar-refractivity contribution in [3.8, 4) is 0 Å². The van der Waals surface area contributed by atoms with Crippen molar-refractivity contribution < 1.29 is 14.6 Å². The summed E-state index contributed by atoms with van der Waals surface area (Å²) in [5.74, 6) is -0.793. The molecule has 16 heavy (non-hydrogen) atoms. The maximum absolute atomic E-state index is 11.2. The number of rotatable bonds is 4. The summed E-state index contributed by atoms with van der Waals surface area (Å²) in [7, 11) is 3.62. The normalized spacial score (nSPS) is 26.3. The van der Waals surface area contributed by atoms with Crippen molar-refractivity contribution in [3.05, 3.63) is 0 Å². The molecule has 0 aromatic heterocycles. The topological polar surface area (TPSA) is 53.0 Å². The third kappa shape index (κ3) is 3.43. The van der Waals surface area contributed by atoms with E-state index in [1.807, 2.05) is 4.90 Å². The lowest BCUT2D eigenvalue weighted by Crippen LogP contribution is -2.50. The molecule has 1 aliphatic heterocycles. The summed E-state index contributed by atoms with van der Waals surface area (Å²) in [6.45, 7) is 5.09. The second kappa shape index (κ2) is 6.18. The van der Waals surface area contributed by atoms with E-state index >= 15 is 0 Å². The first-order valence-electron chi connectivity index (χ1n) is 5.72. The molecule has 0 aromatic carbocycles. The minimum Gasteiger partial charge on any atom is -0.480 e. The third-order valence-corrected chi connectivity index (χ3v) is 3.11. The molecule has 1 N–H and O–H groups in total. The Kier molecular flexibility index (Phi) is 5.18. The Morgan fingerprint density at radius 1 is 1.56 bits per heavy atom. The van der Waals surface area contributed by atoms with Gasteiger partial charge in [-0.1, -0.05) is 0 Å². The highest BCUT2D eigenvalue weighted by molar-refractivity contribution is 5.73. The summed E-state index contributed by atoms with van der Waals surface area (Å²) in [5.41, 5.74) is 0. The van der Waals surface area contributed by atoms with Crippen LogP contribution in [-0.4, -0.2) is 73.4 Å². The number of carboxylic acids is 1. The number of likely N-dealkylation sites (N-methyl/N-ethyl adjacent to an activating group) is 1. The zero-order valence-corrected chi connectivity index (χ0v) is 10.3. The molecule has 0 amide bonds. The summed E-state index contributed by atoms with van der Waals surface area (Å²) >= 11 is 0. The first kappa shape index (κ1) is 13.4. The van der Waals surface area contributed by atoms with Gasteiger partial charge in [-0.05, 0) is 26.9 Å². The minimum absolute atomic E-state index is 0.253. The van der Waals surface area contributed by atoms with E-state index in [2.05, 4.69) is 18.9 Å². The molecule has 1 heterocycles. The van der Waals surface area contributed by atoms with Crippen LogP contribution >= 0.6 is 0 Å². The van der Waals surface area contributed by atoms with Crippen molar-refractivity contribution >= 4 is 5.97 Å². The molecule has 1 rings (SSSR count). The molecule has 2 unspecified atom stereocenters. The van der Waals surface area contributed by atoms with Crippen LogP contribution in [0.1, 0.15) is 13.3 Å². The molecule has 94 valence electrons. The minimum atomic E-state index is -0.793. The quantitative estimate of drug-likeness (QED) is 0.743. The number of methoxy groups -OCH3 is 1. The molecule has 1 saturated heterocycles. The highest BCUT2D eigenvalue weighted by Gasteiger charge is 2.31. The fraction of sp³-hybridized carbons (Fsp3) is 0.909. The van der Waals surface area contributed by atoms with E-state index < -0.39 is 12.0 Å². The Labute approximate surface area is 97.0 Å². The summed E-state index contributed by atoms with van der Waals surface area (Å²) < 4.78 is 5.00. The molecule has 1 fully saturated rings. The number of hydrogen-bond acceptors (Lipinski definition) is 4. The lowest BCUT2D eigenvalue weighted by molar-refractivity contribution is -0.146. The molecular formula is C11H22N2O3. The van der Waals surface area contributed by atoms with Crippen molar-refractivity contribution in [2.75, 3.05) is 40.4 Å². The smallest absolute Gasteiger partial charge is 0.323 e. The van der Waals surface area contributed by atoms with Gasteiger partial charge in [0.25, 0.3) is 0 Å². The van der Waals surface area contributed by atoms with Gasteiger partial charge < -0.3 is 14.7 Å². The van der Waals surface area contributed by atoms with Crippen LogP contribution < -0.4 is 0 Å². The van der Waals surface area contributed by atoms with Crippen molar-refractivity contribution in [2.45, 2.75) is 25.4 Å². The molecule has 0 aliphatic carbocycles. The fourth-order valence-corrected chi connectivity index (χ4v) is 2.32. The van der Waals surface area contributed by atoms with E-state index in [0.717, 1.165) is 26.1 Å². The van der Waals surface area contributed by atoms with E-state index in [1.54, 1.807) is 7.11 Å². The molecule has 5 heteroatoms. The highest BCUT2D eigenvalue weighted by atomic mass is 16.5. The van der Waals surface area contributed by atoms with Crippen LogP contribution in [0.3, 0.4) is 0 Å². The van der Waals surface area contributed by atoms with Gasteiger partial charge in [0.1, 0.15) is 6.04 Å². The van der Waals surface area contributed by atoms with Crippen LogP contribution in [0, 0.1) is 0 Å². The van der Waals surface area contributed by atoms with Gasteiger partial charge >= 0.3 is 5.97 Å². The van der Waals surface area contributed by atoms with Crippen LogP contribution in [-0.2, 0) is 9.53 Å². The second-order valence-corrected chi connectivity index (χ2v) is 4.51. The Balaban J connectivity index is 2.70. The zero-order valence-electron chi connectivity index (χ0n) is 10.3. The Morgan fingerprint density at radius 2 is 2.25 bits per heavy atom. The number of ether oxygens (including phenoxy) is 1. The fourth-order valence-electron chi connectivity index (χ4n) is 2.32. The summed E-state index contributed by atoms with van der Waals surface area (Å²) in [6, 6.07) is -0.268. The van der Waals surface area contributed by atoms with Gasteiger partial charge in [-0.15, -0.1) is 0 Å². The maximum atomic E-state index is 11.2. The standard InChI is InChI=1S/C11H22N2O3/c1-9-7-12(2)5-4-6-13(9)10(8-16-3)11(14)15/h9-10H,4-8H2,1-3H3,(H,14,15). The van der Waals surface area contributed by atoms with Crippen LogP contribution in [0.15, 0.2) is 0 Å². The molecule has 0 aromatic rings. The first-order chi connectivity index (χ1) is 7.56. The van der Waals surface area contributed by atoms with E-state index in [4.69, 9.17) is 4.74 Å². The lowest BCUT2D eigenvalue weighted by Gasteiger charge is -2.32. The first-order valence-corrected chi connectivity index (χ1v) is 5.72. The van der Waals surface area contributed by atoms with Crippen molar-refractivity contribution in [1.82, 2.24) is 9.80 Å². The number of carbonyl (C=O) groups is 1. The Hall–Kier alpha value is -0.650. The summed E-state index contributed by atoms with van der Waals surface area (Å²) in [5, 5.41) is 9.20. The van der Waals surface area contributed by atoms with E-state index in [0.29, 0.717) is 0 Å². The highest BCUT2D eigenvalue weighted by Crippen LogP contribution is 2.13. The molecule has 2 atom stereocenters. The summed E-state index contributed by atoms with van der Waals surface area (Å²) in [4.78, 5) is 15.5. The van der Waals surface area contributed by atoms with Gasteiger partial charge in [0.15, 0.2) is 0 Å². The Morgan fingerprint density at radius 3 is 2.81 bits per heavy atom. The molecule has 1 aliphatic rings. The van der Waals surface area contributed by atoms with Crippen LogP contribution in [0.25, 0.3) is 0 Å². The monoisotopic (exact) mass is 230 g/mol. The SMILES string of the molecule is COCC(C(=O)O)N1CCCN(C)CC1C. The van der Waals surface area contributed by atoms with Gasteiger partial charge in [0, 0.05) is 26.2 Å². The molecule has 0 spiro atoms. The van der Waals surface area contributed by atoms with Gasteiger partial charge in [-0.3, -0.25) is 9.69 Å².